The largest absolute Gasteiger partial charge is 0.491 e. The molecule has 1 aromatic carbocycles. The minimum Gasteiger partial charge on any atom is -0.491 e. The van der Waals surface area contributed by atoms with Crippen LogP contribution in [0.3, 0.4) is 0 Å². The number of hydrogen-bond donors (Lipinski definition) is 1. The molecule has 0 amide bonds. The zero-order chi connectivity index (χ0) is 14.5. The molecule has 104 valence electrons. The first-order valence-corrected chi connectivity index (χ1v) is 6.60. The smallest absolute Gasteiger partial charge is 0.270 e. The van der Waals surface area contributed by atoms with E-state index in [2.05, 4.69) is 10.2 Å². The van der Waals surface area contributed by atoms with E-state index in [9.17, 15) is 10.1 Å². The van der Waals surface area contributed by atoms with Crippen molar-refractivity contribution in [1.82, 2.24) is 10.2 Å². The number of aromatic nitrogens is 2. The third kappa shape index (κ3) is 3.29. The Bertz CT molecular complexity index is 654. The fourth-order valence-electron chi connectivity index (χ4n) is 1.53. The van der Waals surface area contributed by atoms with Crippen molar-refractivity contribution in [2.24, 2.45) is 0 Å². The van der Waals surface area contributed by atoms with Gasteiger partial charge in [0.15, 0.2) is 10.8 Å². The van der Waals surface area contributed by atoms with Crippen LogP contribution in [0.5, 0.6) is 0 Å². The molecule has 0 bridgehead atoms. The molecule has 0 aliphatic heterocycles. The molecule has 0 radical (unpaired) electrons. The fraction of sp³-hybridized carbons (Fsp3) is 0.167. The summed E-state index contributed by atoms with van der Waals surface area (Å²) in [4.78, 5) is 10.3. The lowest BCUT2D eigenvalue weighted by molar-refractivity contribution is -0.384. The number of non-ortho nitro benzene ring substituents is 1. The predicted molar refractivity (Wildman–Crippen MR) is 76.9 cm³/mol. The topological polar surface area (TPSA) is 104 Å². The molecule has 0 saturated carbocycles. The summed E-state index contributed by atoms with van der Waals surface area (Å²) >= 11 is 1.19. The van der Waals surface area contributed by atoms with E-state index in [1.165, 1.54) is 23.5 Å². The zero-order valence-corrected chi connectivity index (χ0v) is 11.5. The molecule has 20 heavy (non-hydrogen) atoms. The number of nitrogens with two attached hydrogens (primary N) is 1. The first-order chi connectivity index (χ1) is 9.60. The average molecular weight is 292 g/mol. The van der Waals surface area contributed by atoms with Crippen molar-refractivity contribution in [2.45, 2.75) is 6.92 Å². The van der Waals surface area contributed by atoms with Crippen LogP contribution in [-0.4, -0.2) is 21.7 Å². The van der Waals surface area contributed by atoms with E-state index in [0.717, 1.165) is 0 Å². The van der Waals surface area contributed by atoms with Gasteiger partial charge >= 0.3 is 0 Å². The monoisotopic (exact) mass is 292 g/mol. The van der Waals surface area contributed by atoms with E-state index in [0.29, 0.717) is 28.1 Å². The molecule has 0 unspecified atom stereocenters. The highest BCUT2D eigenvalue weighted by atomic mass is 32.1. The van der Waals surface area contributed by atoms with E-state index in [4.69, 9.17) is 10.5 Å². The first-order valence-electron chi connectivity index (χ1n) is 5.78. The summed E-state index contributed by atoms with van der Waals surface area (Å²) < 4.78 is 5.49. The molecule has 0 aliphatic carbocycles. The summed E-state index contributed by atoms with van der Waals surface area (Å²) in [6, 6.07) is 6.25. The van der Waals surface area contributed by atoms with Crippen molar-refractivity contribution < 1.29 is 9.66 Å². The van der Waals surface area contributed by atoms with Crippen LogP contribution in [0.4, 0.5) is 10.8 Å². The Morgan fingerprint density at radius 1 is 1.55 bits per heavy atom. The van der Waals surface area contributed by atoms with Crippen molar-refractivity contribution in [2.75, 3.05) is 12.3 Å². The number of nitro benzene ring substituents is 1. The van der Waals surface area contributed by atoms with Gasteiger partial charge in [0, 0.05) is 12.1 Å². The molecule has 7 nitrogen and oxygen atoms in total. The summed E-state index contributed by atoms with van der Waals surface area (Å²) in [5.41, 5.74) is 6.21. The molecule has 0 fully saturated rings. The molecule has 1 heterocycles. The molecule has 0 saturated heterocycles. The molecule has 0 aliphatic rings. The summed E-state index contributed by atoms with van der Waals surface area (Å²) in [6.45, 7) is 2.28. The Morgan fingerprint density at radius 2 is 2.35 bits per heavy atom. The Morgan fingerprint density at radius 3 is 2.95 bits per heavy atom. The van der Waals surface area contributed by atoms with Crippen LogP contribution in [-0.2, 0) is 4.74 Å². The van der Waals surface area contributed by atoms with E-state index >= 15 is 0 Å². The van der Waals surface area contributed by atoms with Crippen LogP contribution in [0, 0.1) is 10.1 Å². The molecule has 1 aromatic heterocycles. The third-order valence-electron chi connectivity index (χ3n) is 2.33. The van der Waals surface area contributed by atoms with Gasteiger partial charge in [-0.05, 0) is 18.6 Å². The second kappa shape index (κ2) is 6.11. The second-order valence-electron chi connectivity index (χ2n) is 3.74. The minimum absolute atomic E-state index is 0.0198. The Hall–Kier alpha value is -2.48. The van der Waals surface area contributed by atoms with Gasteiger partial charge in [-0.15, -0.1) is 10.2 Å². The van der Waals surface area contributed by atoms with Gasteiger partial charge < -0.3 is 10.5 Å². The quantitative estimate of drug-likeness (QED) is 0.516. The van der Waals surface area contributed by atoms with Gasteiger partial charge in [-0.1, -0.05) is 23.5 Å². The number of nitro groups is 1. The molecule has 8 heteroatoms. The fourth-order valence-corrected chi connectivity index (χ4v) is 2.11. The lowest BCUT2D eigenvalue weighted by Gasteiger charge is -2.04. The van der Waals surface area contributed by atoms with E-state index in [1.807, 2.05) is 6.92 Å². The summed E-state index contributed by atoms with van der Waals surface area (Å²) in [7, 11) is 0. The number of hydrogen-bond acceptors (Lipinski definition) is 7. The number of rotatable bonds is 5. The van der Waals surface area contributed by atoms with Crippen LogP contribution in [0.15, 0.2) is 24.3 Å². The maximum atomic E-state index is 10.8. The molecule has 2 aromatic rings. The average Bonchev–Trinajstić information content (AvgIpc) is 2.85. The van der Waals surface area contributed by atoms with Crippen LogP contribution >= 0.6 is 11.3 Å². The number of benzene rings is 1. The van der Waals surface area contributed by atoms with Gasteiger partial charge in [0.1, 0.15) is 0 Å². The van der Waals surface area contributed by atoms with Crippen molar-refractivity contribution >= 4 is 34.0 Å². The summed E-state index contributed by atoms with van der Waals surface area (Å²) in [6.07, 6.45) is 1.68. The number of ether oxygens (including phenoxy) is 1. The van der Waals surface area contributed by atoms with Crippen LogP contribution in [0.1, 0.15) is 17.5 Å². The highest BCUT2D eigenvalue weighted by molar-refractivity contribution is 7.16. The minimum atomic E-state index is -0.444. The van der Waals surface area contributed by atoms with E-state index in [-0.39, 0.29) is 5.69 Å². The molecule has 2 rings (SSSR count). The lowest BCUT2D eigenvalue weighted by Crippen LogP contribution is -1.92. The second-order valence-corrected chi connectivity index (χ2v) is 4.75. The predicted octanol–water partition coefficient (Wildman–Crippen LogP) is 2.56. The molecule has 2 N–H and O–H groups in total. The molecule has 0 atom stereocenters. The van der Waals surface area contributed by atoms with Gasteiger partial charge in [0.05, 0.1) is 11.5 Å². The molecule has 0 spiro atoms. The number of nitrogens with zero attached hydrogens (tertiary/aromatic N) is 3. The highest BCUT2D eigenvalue weighted by Crippen LogP contribution is 2.25. The Balaban J connectivity index is 2.38. The Labute approximate surface area is 118 Å². The van der Waals surface area contributed by atoms with Crippen molar-refractivity contribution in [3.63, 3.8) is 0 Å². The zero-order valence-electron chi connectivity index (χ0n) is 10.6. The highest BCUT2D eigenvalue weighted by Gasteiger charge is 2.11. The van der Waals surface area contributed by atoms with Gasteiger partial charge in [-0.2, -0.15) is 0 Å². The summed E-state index contributed by atoms with van der Waals surface area (Å²) in [5, 5.41) is 19.3. The summed E-state index contributed by atoms with van der Waals surface area (Å²) in [5.74, 6) is 0.488. The maximum Gasteiger partial charge on any atom is 0.270 e. The third-order valence-corrected chi connectivity index (χ3v) is 3.10. The van der Waals surface area contributed by atoms with Gasteiger partial charge in [0.2, 0.25) is 5.13 Å². The van der Waals surface area contributed by atoms with Gasteiger partial charge in [0.25, 0.3) is 5.69 Å². The molecular formula is C12H12N4O3S. The van der Waals surface area contributed by atoms with Gasteiger partial charge in [-0.25, -0.2) is 0 Å². The standard InChI is InChI=1S/C12H12N4O3S/c1-2-19-10(11-14-15-12(13)20-11)7-8-4-3-5-9(6-8)16(17)18/h3-7H,2H2,1H3,(H2,13,15)/b10-7-. The van der Waals surface area contributed by atoms with Gasteiger partial charge in [-0.3, -0.25) is 10.1 Å². The normalized spacial score (nSPS) is 11.3. The van der Waals surface area contributed by atoms with Crippen molar-refractivity contribution in [1.29, 1.82) is 0 Å². The first kappa shape index (κ1) is 13.9. The lowest BCUT2D eigenvalue weighted by atomic mass is 10.2. The number of anilines is 1. The number of nitrogen functional groups attached to an aromatic ring is 1. The molecular weight excluding hydrogens is 280 g/mol. The van der Waals surface area contributed by atoms with E-state index < -0.39 is 4.92 Å². The Kier molecular flexibility index (Phi) is 4.26. The van der Waals surface area contributed by atoms with E-state index in [1.54, 1.807) is 18.2 Å². The van der Waals surface area contributed by atoms with Crippen LogP contribution < -0.4 is 5.73 Å². The SMILES string of the molecule is CCO/C(=C\c1cccc([N+](=O)[O-])c1)c1nnc(N)s1. The van der Waals surface area contributed by atoms with Crippen LogP contribution in [0.25, 0.3) is 11.8 Å². The van der Waals surface area contributed by atoms with Crippen molar-refractivity contribution in [3.8, 4) is 0 Å². The van der Waals surface area contributed by atoms with Crippen molar-refractivity contribution in [3.05, 3.63) is 45.0 Å². The van der Waals surface area contributed by atoms with Crippen LogP contribution in [0.2, 0.25) is 0 Å². The maximum absolute atomic E-state index is 10.8.